The molecule has 3 aromatic carbocycles. The van der Waals surface area contributed by atoms with E-state index in [0.717, 1.165) is 5.56 Å². The number of carbonyl (C=O) groups excluding carboxylic acids is 2. The Labute approximate surface area is 234 Å². The summed E-state index contributed by atoms with van der Waals surface area (Å²) in [6.45, 7) is 0.524. The zero-order valence-corrected chi connectivity index (χ0v) is 22.0. The molecule has 9 nitrogen and oxygen atoms in total. The Bertz CT molecular complexity index is 1830. The summed E-state index contributed by atoms with van der Waals surface area (Å²) in [5.74, 6) is 0.187. The number of ether oxygens (including phenoxy) is 1. The fraction of sp³-hybridized carbons (Fsp3) is 0.0625. The molecule has 202 valence electrons. The summed E-state index contributed by atoms with van der Waals surface area (Å²) in [6, 6.07) is 27.1. The molecule has 0 saturated carbocycles. The van der Waals surface area contributed by atoms with Gasteiger partial charge in [-0.25, -0.2) is 14.8 Å². The molecule has 6 rings (SSSR count). The van der Waals surface area contributed by atoms with E-state index < -0.39 is 5.97 Å². The van der Waals surface area contributed by atoms with Gasteiger partial charge >= 0.3 is 5.97 Å². The van der Waals surface area contributed by atoms with Gasteiger partial charge in [0, 0.05) is 23.5 Å². The first-order valence-electron chi connectivity index (χ1n) is 12.8. The number of nitrogens with one attached hydrogen (secondary N) is 2. The van der Waals surface area contributed by atoms with E-state index in [-0.39, 0.29) is 5.91 Å². The molecule has 9 heteroatoms. The summed E-state index contributed by atoms with van der Waals surface area (Å²) in [5.41, 5.74) is 4.90. The van der Waals surface area contributed by atoms with Crippen LogP contribution < -0.4 is 10.6 Å². The van der Waals surface area contributed by atoms with Crippen molar-refractivity contribution in [3.63, 3.8) is 0 Å². The monoisotopic (exact) mass is 544 g/mol. The minimum absolute atomic E-state index is 0.305. The molecular formula is C32H24N4O5. The van der Waals surface area contributed by atoms with Gasteiger partial charge in [-0.1, -0.05) is 30.3 Å². The molecular weight excluding hydrogens is 520 g/mol. The van der Waals surface area contributed by atoms with E-state index in [9.17, 15) is 9.59 Å². The van der Waals surface area contributed by atoms with Gasteiger partial charge in [-0.15, -0.1) is 0 Å². The minimum Gasteiger partial charge on any atom is -0.465 e. The van der Waals surface area contributed by atoms with Crippen LogP contribution in [0.15, 0.2) is 112 Å². The van der Waals surface area contributed by atoms with E-state index in [0.29, 0.717) is 63.0 Å². The molecule has 6 aromatic rings. The Hall–Kier alpha value is -5.70. The van der Waals surface area contributed by atoms with Crippen LogP contribution in [0.25, 0.3) is 33.9 Å². The van der Waals surface area contributed by atoms with Gasteiger partial charge in [-0.2, -0.15) is 0 Å². The lowest BCUT2D eigenvalue weighted by atomic mass is 10.1. The third-order valence-electron chi connectivity index (χ3n) is 6.44. The summed E-state index contributed by atoms with van der Waals surface area (Å²) >= 11 is 0. The van der Waals surface area contributed by atoms with Crippen LogP contribution in [0.1, 0.15) is 26.3 Å². The van der Waals surface area contributed by atoms with Crippen molar-refractivity contribution >= 4 is 34.3 Å². The SMILES string of the molecule is COC(=O)c1cc(NC(=O)c2ccc3nc(-c4ccco4)c(-c4ccco4)nc3c2)ccc1NCc1ccccc1. The molecule has 0 atom stereocenters. The van der Waals surface area contributed by atoms with Crippen molar-refractivity contribution in [2.45, 2.75) is 6.54 Å². The normalized spacial score (nSPS) is 10.9. The van der Waals surface area contributed by atoms with Gasteiger partial charge in [-0.05, 0) is 66.2 Å². The molecule has 0 saturated heterocycles. The number of benzene rings is 3. The molecule has 2 N–H and O–H groups in total. The first-order valence-corrected chi connectivity index (χ1v) is 12.8. The standard InChI is InChI=1S/C32H24N4O5/c1-39-32(38)23-18-22(12-14-24(23)33-19-20-7-3-2-4-8-20)34-31(37)21-11-13-25-26(17-21)36-30(28-10-6-16-41-28)29(35-25)27-9-5-15-40-27/h2-18,33H,19H2,1H3,(H,34,37). The van der Waals surface area contributed by atoms with E-state index in [4.69, 9.17) is 23.5 Å². The largest absolute Gasteiger partial charge is 0.465 e. The summed E-state index contributed by atoms with van der Waals surface area (Å²) < 4.78 is 16.1. The summed E-state index contributed by atoms with van der Waals surface area (Å²) in [7, 11) is 1.32. The average Bonchev–Trinajstić information content (AvgIpc) is 3.75. The highest BCUT2D eigenvalue weighted by Crippen LogP contribution is 2.32. The molecule has 0 aliphatic heterocycles. The van der Waals surface area contributed by atoms with Gasteiger partial charge in [0.1, 0.15) is 11.4 Å². The number of rotatable bonds is 8. The highest BCUT2D eigenvalue weighted by Gasteiger charge is 2.19. The molecule has 0 fully saturated rings. The van der Waals surface area contributed by atoms with Gasteiger partial charge in [0.05, 0.1) is 36.2 Å². The lowest BCUT2D eigenvalue weighted by Crippen LogP contribution is -2.14. The second kappa shape index (κ2) is 11.2. The zero-order chi connectivity index (χ0) is 28.2. The number of hydrogen-bond acceptors (Lipinski definition) is 8. The third kappa shape index (κ3) is 5.41. The van der Waals surface area contributed by atoms with Crippen molar-refractivity contribution in [2.75, 3.05) is 17.7 Å². The number of carbonyl (C=O) groups is 2. The Morgan fingerprint density at radius 2 is 1.49 bits per heavy atom. The van der Waals surface area contributed by atoms with Crippen molar-refractivity contribution in [1.29, 1.82) is 0 Å². The van der Waals surface area contributed by atoms with Crippen LogP contribution in [-0.4, -0.2) is 29.0 Å². The molecule has 41 heavy (non-hydrogen) atoms. The van der Waals surface area contributed by atoms with E-state index in [1.807, 2.05) is 30.3 Å². The number of furan rings is 2. The molecule has 0 radical (unpaired) electrons. The molecule has 1 amide bonds. The summed E-state index contributed by atoms with van der Waals surface area (Å²) in [6.07, 6.45) is 3.13. The fourth-order valence-corrected chi connectivity index (χ4v) is 4.42. The van der Waals surface area contributed by atoms with Gasteiger partial charge < -0.3 is 24.2 Å². The second-order valence-electron chi connectivity index (χ2n) is 9.12. The number of hydrogen-bond donors (Lipinski definition) is 2. The van der Waals surface area contributed by atoms with Crippen LogP contribution in [0.3, 0.4) is 0 Å². The van der Waals surface area contributed by atoms with E-state index >= 15 is 0 Å². The number of methoxy groups -OCH3 is 1. The predicted molar refractivity (Wildman–Crippen MR) is 154 cm³/mol. The summed E-state index contributed by atoms with van der Waals surface area (Å²) in [5, 5.41) is 6.13. The molecule has 0 spiro atoms. The lowest BCUT2D eigenvalue weighted by Gasteiger charge is -2.14. The smallest absolute Gasteiger partial charge is 0.340 e. The maximum absolute atomic E-state index is 13.2. The Morgan fingerprint density at radius 3 is 2.15 bits per heavy atom. The van der Waals surface area contributed by atoms with Crippen molar-refractivity contribution in [1.82, 2.24) is 9.97 Å². The maximum atomic E-state index is 13.2. The number of amides is 1. The first kappa shape index (κ1) is 25.6. The number of anilines is 2. The molecule has 0 aliphatic carbocycles. The molecule has 0 aliphatic rings. The predicted octanol–water partition coefficient (Wildman–Crippen LogP) is 6.80. The van der Waals surface area contributed by atoms with E-state index in [1.54, 1.807) is 73.2 Å². The molecule has 3 aromatic heterocycles. The van der Waals surface area contributed by atoms with Gasteiger partial charge in [0.2, 0.25) is 0 Å². The Balaban J connectivity index is 1.28. The zero-order valence-electron chi connectivity index (χ0n) is 22.0. The highest BCUT2D eigenvalue weighted by molar-refractivity contribution is 6.07. The number of esters is 1. The fourth-order valence-electron chi connectivity index (χ4n) is 4.42. The number of fused-ring (bicyclic) bond motifs is 1. The Kier molecular flexibility index (Phi) is 6.98. The number of nitrogens with zero attached hydrogens (tertiary/aromatic N) is 2. The minimum atomic E-state index is -0.518. The van der Waals surface area contributed by atoms with Crippen LogP contribution in [0, 0.1) is 0 Å². The van der Waals surface area contributed by atoms with Crippen LogP contribution in [0.2, 0.25) is 0 Å². The van der Waals surface area contributed by atoms with Crippen LogP contribution in [-0.2, 0) is 11.3 Å². The van der Waals surface area contributed by atoms with Crippen molar-refractivity contribution in [2.24, 2.45) is 0 Å². The van der Waals surface area contributed by atoms with E-state index in [1.165, 1.54) is 7.11 Å². The molecule has 0 unspecified atom stereocenters. The van der Waals surface area contributed by atoms with Crippen molar-refractivity contribution < 1.29 is 23.2 Å². The highest BCUT2D eigenvalue weighted by atomic mass is 16.5. The van der Waals surface area contributed by atoms with Crippen LogP contribution in [0.4, 0.5) is 11.4 Å². The molecule has 3 heterocycles. The molecule has 0 bridgehead atoms. The van der Waals surface area contributed by atoms with Gasteiger partial charge in [-0.3, -0.25) is 4.79 Å². The van der Waals surface area contributed by atoms with Gasteiger partial charge in [0.25, 0.3) is 5.91 Å². The van der Waals surface area contributed by atoms with Gasteiger partial charge in [0.15, 0.2) is 11.5 Å². The summed E-state index contributed by atoms with van der Waals surface area (Å²) in [4.78, 5) is 35.3. The first-order chi connectivity index (χ1) is 20.1. The van der Waals surface area contributed by atoms with E-state index in [2.05, 4.69) is 10.6 Å². The second-order valence-corrected chi connectivity index (χ2v) is 9.12. The van der Waals surface area contributed by atoms with Crippen LogP contribution >= 0.6 is 0 Å². The third-order valence-corrected chi connectivity index (χ3v) is 6.44. The Morgan fingerprint density at radius 1 is 0.780 bits per heavy atom. The maximum Gasteiger partial charge on any atom is 0.340 e. The topological polar surface area (TPSA) is 119 Å². The average molecular weight is 545 g/mol. The van der Waals surface area contributed by atoms with Crippen LogP contribution in [0.5, 0.6) is 0 Å². The quantitative estimate of drug-likeness (QED) is 0.201. The van der Waals surface area contributed by atoms with Crippen molar-refractivity contribution in [3.8, 4) is 22.9 Å². The van der Waals surface area contributed by atoms with Crippen molar-refractivity contribution in [3.05, 3.63) is 120 Å². The lowest BCUT2D eigenvalue weighted by molar-refractivity contribution is 0.0601. The number of aromatic nitrogens is 2.